The zero-order valence-corrected chi connectivity index (χ0v) is 18.4. The molecule has 3 aromatic rings. The number of amides is 1. The van der Waals surface area contributed by atoms with Crippen LogP contribution >= 0.6 is 0 Å². The number of pyridine rings is 1. The second kappa shape index (κ2) is 8.26. The minimum Gasteiger partial charge on any atom is -0.336 e. The van der Waals surface area contributed by atoms with Gasteiger partial charge in [-0.1, -0.05) is 18.2 Å². The molecular weight excluding hydrogens is 429 g/mol. The number of piperazine rings is 1. The lowest BCUT2D eigenvalue weighted by Gasteiger charge is -2.37. The molecule has 8 heteroatoms. The van der Waals surface area contributed by atoms with Crippen LogP contribution in [-0.4, -0.2) is 72.8 Å². The number of halogens is 1. The summed E-state index contributed by atoms with van der Waals surface area (Å²) in [6.07, 6.45) is 0.673. The first-order chi connectivity index (χ1) is 15.4. The Bertz CT molecular complexity index is 1270. The van der Waals surface area contributed by atoms with Crippen LogP contribution in [-0.2, 0) is 9.84 Å². The van der Waals surface area contributed by atoms with Crippen molar-refractivity contribution in [1.29, 1.82) is 0 Å². The lowest BCUT2D eigenvalue weighted by Crippen LogP contribution is -2.52. The Kier molecular flexibility index (Phi) is 5.43. The van der Waals surface area contributed by atoms with Crippen LogP contribution in [0.25, 0.3) is 22.2 Å². The fraction of sp³-hybridized carbons (Fsp3) is 0.333. The molecule has 2 aliphatic rings. The quantitative estimate of drug-likeness (QED) is 0.610. The van der Waals surface area contributed by atoms with Gasteiger partial charge in [-0.2, -0.15) is 0 Å². The summed E-state index contributed by atoms with van der Waals surface area (Å²) in [6, 6.07) is 15.5. The van der Waals surface area contributed by atoms with Gasteiger partial charge in [-0.3, -0.25) is 9.69 Å². The molecule has 1 aromatic heterocycles. The van der Waals surface area contributed by atoms with E-state index in [0.29, 0.717) is 49.4 Å². The first kappa shape index (κ1) is 21.0. The van der Waals surface area contributed by atoms with Crippen molar-refractivity contribution in [3.05, 3.63) is 66.0 Å². The summed E-state index contributed by atoms with van der Waals surface area (Å²) in [5.41, 5.74) is 2.67. The third kappa shape index (κ3) is 4.12. The van der Waals surface area contributed by atoms with Crippen molar-refractivity contribution in [1.82, 2.24) is 14.8 Å². The van der Waals surface area contributed by atoms with Crippen LogP contribution in [0.2, 0.25) is 0 Å². The zero-order chi connectivity index (χ0) is 22.3. The van der Waals surface area contributed by atoms with E-state index in [1.54, 1.807) is 18.2 Å². The van der Waals surface area contributed by atoms with Crippen LogP contribution < -0.4 is 0 Å². The molecule has 2 aliphatic heterocycles. The average molecular weight is 454 g/mol. The molecule has 32 heavy (non-hydrogen) atoms. The van der Waals surface area contributed by atoms with Crippen molar-refractivity contribution in [2.45, 2.75) is 12.5 Å². The van der Waals surface area contributed by atoms with E-state index in [4.69, 9.17) is 0 Å². The second-order valence-electron chi connectivity index (χ2n) is 8.46. The molecule has 1 unspecified atom stereocenters. The summed E-state index contributed by atoms with van der Waals surface area (Å²) >= 11 is 0. The van der Waals surface area contributed by atoms with E-state index in [1.165, 1.54) is 12.1 Å². The molecule has 1 amide bonds. The molecule has 2 aromatic carbocycles. The van der Waals surface area contributed by atoms with Crippen LogP contribution in [0.4, 0.5) is 4.39 Å². The van der Waals surface area contributed by atoms with E-state index in [-0.39, 0.29) is 29.3 Å². The second-order valence-corrected chi connectivity index (χ2v) is 10.7. The van der Waals surface area contributed by atoms with Crippen molar-refractivity contribution < 1.29 is 17.6 Å². The summed E-state index contributed by atoms with van der Waals surface area (Å²) < 4.78 is 37.0. The van der Waals surface area contributed by atoms with E-state index in [9.17, 15) is 17.6 Å². The summed E-state index contributed by atoms with van der Waals surface area (Å²) in [5.74, 6) is 0.0904. The summed E-state index contributed by atoms with van der Waals surface area (Å²) in [5, 5.41) is 0.785. The lowest BCUT2D eigenvalue weighted by atomic mass is 10.0. The molecule has 0 saturated carbocycles. The Morgan fingerprint density at radius 3 is 2.41 bits per heavy atom. The highest BCUT2D eigenvalue weighted by Gasteiger charge is 2.34. The van der Waals surface area contributed by atoms with E-state index in [0.717, 1.165) is 10.9 Å². The molecule has 3 heterocycles. The third-order valence-electron chi connectivity index (χ3n) is 6.41. The van der Waals surface area contributed by atoms with Gasteiger partial charge in [0.1, 0.15) is 5.82 Å². The van der Waals surface area contributed by atoms with Gasteiger partial charge in [0.15, 0.2) is 9.84 Å². The number of hydrogen-bond donors (Lipinski definition) is 0. The standard InChI is InChI=1S/C24H24FN3O3S/c25-18-7-5-17(6-8-18)23-15-21(20-3-1-2-4-22(20)26-23)24(29)28-12-10-27(11-13-28)19-9-14-32(30,31)16-19/h1-8,15,19H,9-14,16H2. The Hall–Kier alpha value is -2.84. The normalized spacial score (nSPS) is 21.2. The van der Waals surface area contributed by atoms with Gasteiger partial charge < -0.3 is 4.90 Å². The molecule has 0 spiro atoms. The zero-order valence-electron chi connectivity index (χ0n) is 17.6. The Morgan fingerprint density at radius 1 is 1.00 bits per heavy atom. The maximum atomic E-state index is 13.5. The van der Waals surface area contributed by atoms with Gasteiger partial charge in [0, 0.05) is 43.2 Å². The molecule has 2 saturated heterocycles. The number of carbonyl (C=O) groups is 1. The highest BCUT2D eigenvalue weighted by Crippen LogP contribution is 2.27. The summed E-state index contributed by atoms with van der Waals surface area (Å²) in [7, 11) is -2.93. The van der Waals surface area contributed by atoms with Crippen molar-refractivity contribution in [3.8, 4) is 11.3 Å². The number of nitrogens with zero attached hydrogens (tertiary/aromatic N) is 3. The van der Waals surface area contributed by atoms with Crippen LogP contribution in [0.1, 0.15) is 16.8 Å². The molecule has 5 rings (SSSR count). The van der Waals surface area contributed by atoms with Crippen molar-refractivity contribution >= 4 is 26.6 Å². The van der Waals surface area contributed by atoms with Crippen LogP contribution in [0.15, 0.2) is 54.6 Å². The van der Waals surface area contributed by atoms with E-state index < -0.39 is 9.84 Å². The average Bonchev–Trinajstić information content (AvgIpc) is 3.18. The van der Waals surface area contributed by atoms with Gasteiger partial charge in [-0.25, -0.2) is 17.8 Å². The first-order valence-electron chi connectivity index (χ1n) is 10.8. The van der Waals surface area contributed by atoms with E-state index in [2.05, 4.69) is 9.88 Å². The number of hydrogen-bond acceptors (Lipinski definition) is 5. The van der Waals surface area contributed by atoms with Crippen LogP contribution in [0.3, 0.4) is 0 Å². The van der Waals surface area contributed by atoms with Gasteiger partial charge in [0.2, 0.25) is 0 Å². The number of rotatable bonds is 3. The van der Waals surface area contributed by atoms with Crippen molar-refractivity contribution in [3.63, 3.8) is 0 Å². The molecule has 0 bridgehead atoms. The molecule has 1 atom stereocenters. The van der Waals surface area contributed by atoms with Gasteiger partial charge in [0.05, 0.1) is 28.3 Å². The number of fused-ring (bicyclic) bond motifs is 1. The maximum absolute atomic E-state index is 13.5. The fourth-order valence-electron chi connectivity index (χ4n) is 4.64. The predicted molar refractivity (Wildman–Crippen MR) is 122 cm³/mol. The largest absolute Gasteiger partial charge is 0.336 e. The lowest BCUT2D eigenvalue weighted by molar-refractivity contribution is 0.0589. The number of benzene rings is 2. The number of sulfone groups is 1. The molecular formula is C24H24FN3O3S. The monoisotopic (exact) mass is 453 g/mol. The van der Waals surface area contributed by atoms with E-state index >= 15 is 0 Å². The number of aromatic nitrogens is 1. The molecule has 0 N–H and O–H groups in total. The van der Waals surface area contributed by atoms with Gasteiger partial charge in [-0.05, 0) is 42.8 Å². The number of carbonyl (C=O) groups excluding carboxylic acids is 1. The smallest absolute Gasteiger partial charge is 0.254 e. The Morgan fingerprint density at radius 2 is 1.72 bits per heavy atom. The summed E-state index contributed by atoms with van der Waals surface area (Å²) in [4.78, 5) is 22.2. The number of para-hydroxylation sites is 1. The van der Waals surface area contributed by atoms with Crippen LogP contribution in [0, 0.1) is 5.82 Å². The van der Waals surface area contributed by atoms with Gasteiger partial charge in [-0.15, -0.1) is 0 Å². The first-order valence-corrected chi connectivity index (χ1v) is 12.6. The molecule has 2 fully saturated rings. The fourth-order valence-corrected chi connectivity index (χ4v) is 6.41. The molecule has 0 aliphatic carbocycles. The Balaban J connectivity index is 1.40. The van der Waals surface area contributed by atoms with Gasteiger partial charge in [0.25, 0.3) is 5.91 Å². The predicted octanol–water partition coefficient (Wildman–Crippen LogP) is 2.99. The topological polar surface area (TPSA) is 70.6 Å². The van der Waals surface area contributed by atoms with Crippen molar-refractivity contribution in [2.24, 2.45) is 0 Å². The highest BCUT2D eigenvalue weighted by atomic mass is 32.2. The summed E-state index contributed by atoms with van der Waals surface area (Å²) in [6.45, 7) is 2.44. The van der Waals surface area contributed by atoms with Crippen LogP contribution in [0.5, 0.6) is 0 Å². The highest BCUT2D eigenvalue weighted by molar-refractivity contribution is 7.91. The molecule has 0 radical (unpaired) electrons. The molecule has 6 nitrogen and oxygen atoms in total. The minimum atomic E-state index is -2.93. The minimum absolute atomic E-state index is 0.0593. The molecule has 166 valence electrons. The van der Waals surface area contributed by atoms with E-state index in [1.807, 2.05) is 29.2 Å². The maximum Gasteiger partial charge on any atom is 0.254 e. The third-order valence-corrected chi connectivity index (χ3v) is 8.16. The van der Waals surface area contributed by atoms with Gasteiger partial charge >= 0.3 is 0 Å². The SMILES string of the molecule is O=C(c1cc(-c2ccc(F)cc2)nc2ccccc12)N1CCN(C2CCS(=O)(=O)C2)CC1. The van der Waals surface area contributed by atoms with Crippen molar-refractivity contribution in [2.75, 3.05) is 37.7 Å². The Labute approximate surface area is 186 Å².